The van der Waals surface area contributed by atoms with Crippen molar-refractivity contribution < 1.29 is 14.0 Å². The predicted molar refractivity (Wildman–Crippen MR) is 112 cm³/mol. The van der Waals surface area contributed by atoms with Gasteiger partial charge in [-0.2, -0.15) is 0 Å². The standard InChI is InChI=1S/C22H17N3O3S/c26-20(15-7-2-1-3-8-15)25-18-10-5-4-9-17(18)21(27)23-13-16-14-28-22(24-16)19-11-6-12-29-19/h1-12,14H,13H2,(H,23,27)(H,25,26). The molecule has 2 aromatic heterocycles. The van der Waals surface area contributed by atoms with Crippen LogP contribution in [0.3, 0.4) is 0 Å². The average Bonchev–Trinajstić information content (AvgIpc) is 3.45. The smallest absolute Gasteiger partial charge is 0.255 e. The molecule has 2 amide bonds. The normalized spacial score (nSPS) is 10.5. The van der Waals surface area contributed by atoms with Gasteiger partial charge in [0.05, 0.1) is 28.4 Å². The van der Waals surface area contributed by atoms with Crippen LogP contribution >= 0.6 is 11.3 Å². The third kappa shape index (κ3) is 4.41. The van der Waals surface area contributed by atoms with E-state index in [1.54, 1.807) is 48.5 Å². The summed E-state index contributed by atoms with van der Waals surface area (Å²) in [5.74, 6) is -0.0580. The van der Waals surface area contributed by atoms with Crippen molar-refractivity contribution in [2.75, 3.05) is 5.32 Å². The molecule has 0 unspecified atom stereocenters. The van der Waals surface area contributed by atoms with Crippen molar-refractivity contribution >= 4 is 28.8 Å². The zero-order valence-corrected chi connectivity index (χ0v) is 16.1. The quantitative estimate of drug-likeness (QED) is 0.493. The van der Waals surface area contributed by atoms with Gasteiger partial charge in [-0.3, -0.25) is 9.59 Å². The first kappa shape index (κ1) is 18.6. The van der Waals surface area contributed by atoms with Crippen molar-refractivity contribution in [3.8, 4) is 10.8 Å². The number of nitrogens with one attached hydrogen (secondary N) is 2. The van der Waals surface area contributed by atoms with Crippen LogP contribution in [0.25, 0.3) is 10.8 Å². The van der Waals surface area contributed by atoms with Gasteiger partial charge in [0.25, 0.3) is 11.8 Å². The second-order valence-electron chi connectivity index (χ2n) is 6.17. The van der Waals surface area contributed by atoms with Crippen LogP contribution < -0.4 is 10.6 Å². The Morgan fingerprint density at radius 1 is 0.931 bits per heavy atom. The predicted octanol–water partition coefficient (Wildman–Crippen LogP) is 4.59. The van der Waals surface area contributed by atoms with Crippen LogP contribution in [0, 0.1) is 0 Å². The second-order valence-corrected chi connectivity index (χ2v) is 7.12. The first-order valence-electron chi connectivity index (χ1n) is 8.92. The maximum atomic E-state index is 12.7. The number of amides is 2. The number of oxazole rings is 1. The molecule has 0 atom stereocenters. The number of aromatic nitrogens is 1. The van der Waals surface area contributed by atoms with Crippen LogP contribution in [-0.4, -0.2) is 16.8 Å². The Morgan fingerprint density at radius 2 is 1.72 bits per heavy atom. The summed E-state index contributed by atoms with van der Waals surface area (Å²) < 4.78 is 5.46. The van der Waals surface area contributed by atoms with Crippen molar-refractivity contribution in [3.63, 3.8) is 0 Å². The molecule has 0 aliphatic heterocycles. The van der Waals surface area contributed by atoms with Gasteiger partial charge < -0.3 is 15.1 Å². The number of para-hydroxylation sites is 1. The van der Waals surface area contributed by atoms with Crippen molar-refractivity contribution in [1.82, 2.24) is 10.3 Å². The van der Waals surface area contributed by atoms with Gasteiger partial charge in [0.2, 0.25) is 5.89 Å². The molecule has 0 bridgehead atoms. The Balaban J connectivity index is 1.43. The fourth-order valence-corrected chi connectivity index (χ4v) is 3.40. The second kappa shape index (κ2) is 8.53. The molecule has 2 N–H and O–H groups in total. The highest BCUT2D eigenvalue weighted by molar-refractivity contribution is 7.13. The van der Waals surface area contributed by atoms with E-state index in [1.807, 2.05) is 23.6 Å². The molecule has 144 valence electrons. The fourth-order valence-electron chi connectivity index (χ4n) is 2.74. The van der Waals surface area contributed by atoms with Gasteiger partial charge in [-0.05, 0) is 35.7 Å². The fraction of sp³-hybridized carbons (Fsp3) is 0.0455. The number of carbonyl (C=O) groups is 2. The zero-order chi connectivity index (χ0) is 20.1. The van der Waals surface area contributed by atoms with Gasteiger partial charge in [-0.1, -0.05) is 36.4 Å². The Bertz CT molecular complexity index is 1120. The van der Waals surface area contributed by atoms with E-state index in [0.717, 1.165) is 4.88 Å². The van der Waals surface area contributed by atoms with Gasteiger partial charge in [-0.15, -0.1) is 11.3 Å². The van der Waals surface area contributed by atoms with Crippen molar-refractivity contribution in [2.45, 2.75) is 6.54 Å². The summed E-state index contributed by atoms with van der Waals surface area (Å²) >= 11 is 1.53. The molecule has 7 heteroatoms. The Hall–Kier alpha value is -3.71. The molecule has 0 fully saturated rings. The number of hydrogen-bond donors (Lipinski definition) is 2. The maximum absolute atomic E-state index is 12.7. The molecular weight excluding hydrogens is 386 g/mol. The highest BCUT2D eigenvalue weighted by Gasteiger charge is 2.15. The van der Waals surface area contributed by atoms with E-state index in [1.165, 1.54) is 17.6 Å². The van der Waals surface area contributed by atoms with E-state index in [4.69, 9.17) is 4.42 Å². The summed E-state index contributed by atoms with van der Waals surface area (Å²) in [5, 5.41) is 7.56. The van der Waals surface area contributed by atoms with Crippen LogP contribution in [0.5, 0.6) is 0 Å². The molecule has 0 saturated heterocycles. The molecule has 0 aliphatic rings. The van der Waals surface area contributed by atoms with Gasteiger partial charge in [-0.25, -0.2) is 4.98 Å². The van der Waals surface area contributed by atoms with E-state index < -0.39 is 0 Å². The lowest BCUT2D eigenvalue weighted by Crippen LogP contribution is -2.25. The van der Waals surface area contributed by atoms with Crippen molar-refractivity contribution in [2.24, 2.45) is 0 Å². The lowest BCUT2D eigenvalue weighted by atomic mass is 10.1. The summed E-state index contributed by atoms with van der Waals surface area (Å²) in [4.78, 5) is 30.4. The summed E-state index contributed by atoms with van der Waals surface area (Å²) in [7, 11) is 0. The molecule has 0 saturated carbocycles. The summed E-state index contributed by atoms with van der Waals surface area (Å²) in [6.45, 7) is 0.217. The number of rotatable bonds is 6. The van der Waals surface area contributed by atoms with Crippen LogP contribution in [0.15, 0.2) is 82.8 Å². The third-order valence-corrected chi connectivity index (χ3v) is 5.03. The number of nitrogens with zero attached hydrogens (tertiary/aromatic N) is 1. The highest BCUT2D eigenvalue weighted by atomic mass is 32.1. The minimum Gasteiger partial charge on any atom is -0.443 e. The lowest BCUT2D eigenvalue weighted by molar-refractivity contribution is 0.0951. The lowest BCUT2D eigenvalue weighted by Gasteiger charge is -2.11. The molecule has 2 aromatic carbocycles. The molecule has 0 spiro atoms. The molecule has 6 nitrogen and oxygen atoms in total. The number of carbonyl (C=O) groups excluding carboxylic acids is 2. The van der Waals surface area contributed by atoms with E-state index in [2.05, 4.69) is 15.6 Å². The van der Waals surface area contributed by atoms with Crippen LogP contribution in [0.1, 0.15) is 26.4 Å². The van der Waals surface area contributed by atoms with Crippen LogP contribution in [-0.2, 0) is 6.54 Å². The minimum absolute atomic E-state index is 0.217. The monoisotopic (exact) mass is 403 g/mol. The van der Waals surface area contributed by atoms with Gasteiger partial charge >= 0.3 is 0 Å². The Labute approximate surface area is 171 Å². The number of benzene rings is 2. The zero-order valence-electron chi connectivity index (χ0n) is 15.3. The Kier molecular flexibility index (Phi) is 5.49. The molecule has 4 rings (SSSR count). The van der Waals surface area contributed by atoms with E-state index in [-0.39, 0.29) is 18.4 Å². The molecular formula is C22H17N3O3S. The van der Waals surface area contributed by atoms with Gasteiger partial charge in [0.15, 0.2) is 0 Å². The summed E-state index contributed by atoms with van der Waals surface area (Å²) in [6, 6.07) is 19.6. The molecule has 29 heavy (non-hydrogen) atoms. The maximum Gasteiger partial charge on any atom is 0.255 e. The van der Waals surface area contributed by atoms with E-state index in [0.29, 0.717) is 28.4 Å². The van der Waals surface area contributed by atoms with Crippen LogP contribution in [0.2, 0.25) is 0 Å². The molecule has 0 radical (unpaired) electrons. The largest absolute Gasteiger partial charge is 0.443 e. The topological polar surface area (TPSA) is 84.2 Å². The Morgan fingerprint density at radius 3 is 2.52 bits per heavy atom. The molecule has 0 aliphatic carbocycles. The number of thiophene rings is 1. The van der Waals surface area contributed by atoms with Crippen molar-refractivity contribution in [3.05, 3.63) is 95.2 Å². The SMILES string of the molecule is O=C(Nc1ccccc1C(=O)NCc1coc(-c2cccs2)n1)c1ccccc1. The first-order valence-corrected chi connectivity index (χ1v) is 9.80. The summed E-state index contributed by atoms with van der Waals surface area (Å²) in [5.41, 5.74) is 1.95. The average molecular weight is 403 g/mol. The minimum atomic E-state index is -0.311. The number of anilines is 1. The van der Waals surface area contributed by atoms with Crippen LogP contribution in [0.4, 0.5) is 5.69 Å². The summed E-state index contributed by atoms with van der Waals surface area (Å²) in [6.07, 6.45) is 1.53. The van der Waals surface area contributed by atoms with E-state index in [9.17, 15) is 9.59 Å². The number of hydrogen-bond acceptors (Lipinski definition) is 5. The van der Waals surface area contributed by atoms with E-state index >= 15 is 0 Å². The third-order valence-electron chi connectivity index (χ3n) is 4.17. The van der Waals surface area contributed by atoms with Crippen molar-refractivity contribution in [1.29, 1.82) is 0 Å². The first-order chi connectivity index (χ1) is 14.2. The van der Waals surface area contributed by atoms with Gasteiger partial charge in [0.1, 0.15) is 6.26 Å². The highest BCUT2D eigenvalue weighted by Crippen LogP contribution is 2.23. The van der Waals surface area contributed by atoms with Gasteiger partial charge in [0, 0.05) is 5.56 Å². The molecule has 4 aromatic rings. The molecule has 2 heterocycles.